The van der Waals surface area contributed by atoms with Gasteiger partial charge in [0, 0.05) is 38.9 Å². The summed E-state index contributed by atoms with van der Waals surface area (Å²) in [6, 6.07) is 57.8. The topological polar surface area (TPSA) is 73.9 Å². The van der Waals surface area contributed by atoms with Crippen LogP contribution in [-0.2, 0) is 5.41 Å². The van der Waals surface area contributed by atoms with Crippen LogP contribution in [0.2, 0.25) is 0 Å². The summed E-state index contributed by atoms with van der Waals surface area (Å²) in [5, 5.41) is 0. The number of benzene rings is 7. The number of aromatic nitrogens is 4. The molecule has 2 aliphatic rings. The molecule has 0 radical (unpaired) electrons. The van der Waals surface area contributed by atoms with Crippen molar-refractivity contribution >= 4 is 11.1 Å². The van der Waals surface area contributed by atoms with Crippen molar-refractivity contribution in [3.8, 4) is 68.2 Å². The molecule has 0 atom stereocenters. The predicted molar refractivity (Wildman–Crippen MR) is 207 cm³/mol. The summed E-state index contributed by atoms with van der Waals surface area (Å²) < 4.78 is 13.2. The van der Waals surface area contributed by atoms with Gasteiger partial charge in [-0.25, -0.2) is 19.9 Å². The summed E-state index contributed by atoms with van der Waals surface area (Å²) in [5.41, 5.74) is 10.8. The Morgan fingerprint density at radius 1 is 0.377 bits per heavy atom. The lowest BCUT2D eigenvalue weighted by molar-refractivity contribution is 0.436. The molecule has 0 unspecified atom stereocenters. The first-order valence-electron chi connectivity index (χ1n) is 17.6. The fourth-order valence-electron chi connectivity index (χ4n) is 8.27. The number of ether oxygens (including phenoxy) is 1. The molecule has 2 aromatic heterocycles. The zero-order valence-corrected chi connectivity index (χ0v) is 28.3. The highest BCUT2D eigenvalue weighted by Gasteiger charge is 2.52. The van der Waals surface area contributed by atoms with Crippen LogP contribution in [0.5, 0.6) is 11.5 Å². The van der Waals surface area contributed by atoms with E-state index in [4.69, 9.17) is 29.1 Å². The fraction of sp³-hybridized carbons (Fsp3) is 0.0213. The highest BCUT2D eigenvalue weighted by Crippen LogP contribution is 2.64. The minimum absolute atomic E-state index is 0.556. The molecule has 6 nitrogen and oxygen atoms in total. The summed E-state index contributed by atoms with van der Waals surface area (Å²) in [6.45, 7) is 0. The first kappa shape index (κ1) is 29.5. The first-order valence-corrected chi connectivity index (χ1v) is 17.6. The van der Waals surface area contributed by atoms with Gasteiger partial charge in [0.2, 0.25) is 5.89 Å². The number of oxazole rings is 1. The summed E-state index contributed by atoms with van der Waals surface area (Å²) in [7, 11) is 0. The fourth-order valence-corrected chi connectivity index (χ4v) is 8.27. The average molecular weight is 681 g/mol. The third-order valence-electron chi connectivity index (χ3n) is 10.5. The Labute approximate surface area is 305 Å². The molecule has 248 valence electrons. The van der Waals surface area contributed by atoms with Crippen molar-refractivity contribution < 1.29 is 9.15 Å². The molecule has 1 aliphatic carbocycles. The summed E-state index contributed by atoms with van der Waals surface area (Å²) in [4.78, 5) is 20.5. The Morgan fingerprint density at radius 3 is 1.49 bits per heavy atom. The predicted octanol–water partition coefficient (Wildman–Crippen LogP) is 11.1. The molecule has 0 fully saturated rings. The van der Waals surface area contributed by atoms with Gasteiger partial charge in [-0.1, -0.05) is 140 Å². The molecule has 7 aromatic carbocycles. The van der Waals surface area contributed by atoms with E-state index in [2.05, 4.69) is 72.8 Å². The van der Waals surface area contributed by atoms with Crippen molar-refractivity contribution in [1.29, 1.82) is 0 Å². The van der Waals surface area contributed by atoms with Gasteiger partial charge in [0.05, 0.1) is 5.41 Å². The number of hydrogen-bond acceptors (Lipinski definition) is 6. The third kappa shape index (κ3) is 4.33. The van der Waals surface area contributed by atoms with Crippen LogP contribution in [0.25, 0.3) is 67.8 Å². The number of hydrogen-bond donors (Lipinski definition) is 0. The number of nitrogens with zero attached hydrogens (tertiary/aromatic N) is 4. The zero-order valence-electron chi connectivity index (χ0n) is 28.3. The highest BCUT2D eigenvalue weighted by molar-refractivity contribution is 6.01. The molecule has 0 amide bonds. The van der Waals surface area contributed by atoms with Crippen LogP contribution < -0.4 is 4.74 Å². The van der Waals surface area contributed by atoms with Crippen LogP contribution >= 0.6 is 0 Å². The molecule has 53 heavy (non-hydrogen) atoms. The van der Waals surface area contributed by atoms with Crippen LogP contribution in [0, 0.1) is 0 Å². The molecule has 1 aliphatic heterocycles. The minimum Gasteiger partial charge on any atom is -0.457 e. The standard InChI is InChI=1S/C47H28N4O2/c1-3-15-29(16-4-1)43-49-44(30-17-5-2-6-18-30)51-45(50-43)31-19-13-23-35-41(31)42-32(46-48-37-25-9-12-28-40(37)53-46)20-14-24-36(42)47(35)33-21-7-10-26-38(33)52-39-27-11-8-22-34(39)47/h1-28H. The van der Waals surface area contributed by atoms with E-state index in [9.17, 15) is 0 Å². The van der Waals surface area contributed by atoms with Gasteiger partial charge in [0.1, 0.15) is 17.0 Å². The molecular formula is C47H28N4O2. The van der Waals surface area contributed by atoms with Crippen LogP contribution in [0.1, 0.15) is 22.3 Å². The van der Waals surface area contributed by atoms with E-state index in [0.29, 0.717) is 23.4 Å². The smallest absolute Gasteiger partial charge is 0.227 e. The summed E-state index contributed by atoms with van der Waals surface area (Å²) in [5.74, 6) is 3.99. The minimum atomic E-state index is -0.717. The van der Waals surface area contributed by atoms with Crippen LogP contribution in [0.4, 0.5) is 0 Å². The third-order valence-corrected chi connectivity index (χ3v) is 10.5. The molecule has 11 rings (SSSR count). The highest BCUT2D eigenvalue weighted by atomic mass is 16.5. The molecule has 3 heterocycles. The van der Waals surface area contributed by atoms with E-state index in [1.165, 1.54) is 0 Å². The monoisotopic (exact) mass is 680 g/mol. The van der Waals surface area contributed by atoms with E-state index < -0.39 is 5.41 Å². The first-order chi connectivity index (χ1) is 26.3. The van der Waals surface area contributed by atoms with Crippen molar-refractivity contribution in [1.82, 2.24) is 19.9 Å². The molecule has 9 aromatic rings. The largest absolute Gasteiger partial charge is 0.457 e. The van der Waals surface area contributed by atoms with E-state index in [1.54, 1.807) is 0 Å². The van der Waals surface area contributed by atoms with Crippen molar-refractivity contribution in [2.45, 2.75) is 5.41 Å². The zero-order chi connectivity index (χ0) is 34.9. The summed E-state index contributed by atoms with van der Waals surface area (Å²) in [6.07, 6.45) is 0. The Balaban J connectivity index is 1.28. The summed E-state index contributed by atoms with van der Waals surface area (Å²) >= 11 is 0. The second kappa shape index (κ2) is 11.4. The molecule has 0 saturated carbocycles. The Kier molecular flexibility index (Phi) is 6.36. The van der Waals surface area contributed by atoms with Crippen LogP contribution in [0.15, 0.2) is 174 Å². The lowest BCUT2D eigenvalue weighted by Crippen LogP contribution is -2.32. The SMILES string of the molecule is c1ccc(-c2nc(-c3ccccc3)nc(-c3cccc4c3-c3c(-c5nc6ccccc6o5)cccc3C43c4ccccc4Oc4ccccc43)n2)cc1. The van der Waals surface area contributed by atoms with Crippen molar-refractivity contribution in [3.63, 3.8) is 0 Å². The van der Waals surface area contributed by atoms with E-state index in [-0.39, 0.29) is 0 Å². The second-order valence-corrected chi connectivity index (χ2v) is 13.3. The van der Waals surface area contributed by atoms with Crippen molar-refractivity contribution in [3.05, 3.63) is 192 Å². The lowest BCUT2D eigenvalue weighted by atomic mass is 9.66. The molecule has 6 heteroatoms. The second-order valence-electron chi connectivity index (χ2n) is 13.3. The van der Waals surface area contributed by atoms with Gasteiger partial charge in [0.15, 0.2) is 23.1 Å². The molecular weight excluding hydrogens is 653 g/mol. The molecule has 1 spiro atoms. The van der Waals surface area contributed by atoms with Crippen molar-refractivity contribution in [2.75, 3.05) is 0 Å². The Morgan fingerprint density at radius 2 is 0.868 bits per heavy atom. The number of rotatable bonds is 4. The van der Waals surface area contributed by atoms with Crippen LogP contribution in [0.3, 0.4) is 0 Å². The van der Waals surface area contributed by atoms with Gasteiger partial charge >= 0.3 is 0 Å². The van der Waals surface area contributed by atoms with Gasteiger partial charge in [-0.3, -0.25) is 0 Å². The molecule has 0 N–H and O–H groups in total. The average Bonchev–Trinajstić information content (AvgIpc) is 3.80. The maximum Gasteiger partial charge on any atom is 0.227 e. The van der Waals surface area contributed by atoms with Gasteiger partial charge in [-0.15, -0.1) is 0 Å². The van der Waals surface area contributed by atoms with Gasteiger partial charge in [0.25, 0.3) is 0 Å². The van der Waals surface area contributed by atoms with E-state index in [0.717, 1.165) is 78.2 Å². The number of para-hydroxylation sites is 4. The quantitative estimate of drug-likeness (QED) is 0.184. The lowest BCUT2D eigenvalue weighted by Gasteiger charge is -2.39. The number of fused-ring (bicyclic) bond motifs is 10. The van der Waals surface area contributed by atoms with Gasteiger partial charge in [-0.05, 0) is 47.0 Å². The molecule has 0 bridgehead atoms. The van der Waals surface area contributed by atoms with Crippen LogP contribution in [-0.4, -0.2) is 19.9 Å². The van der Waals surface area contributed by atoms with Gasteiger partial charge in [-0.2, -0.15) is 0 Å². The Bertz CT molecular complexity index is 2750. The maximum atomic E-state index is 6.63. The van der Waals surface area contributed by atoms with E-state index in [1.807, 2.05) is 97.1 Å². The molecule has 0 saturated heterocycles. The Hall–Kier alpha value is -7.18. The van der Waals surface area contributed by atoms with E-state index >= 15 is 0 Å². The normalized spacial score (nSPS) is 13.2. The van der Waals surface area contributed by atoms with Crippen molar-refractivity contribution in [2.24, 2.45) is 0 Å². The van der Waals surface area contributed by atoms with Gasteiger partial charge < -0.3 is 9.15 Å². The maximum absolute atomic E-state index is 6.63.